The van der Waals surface area contributed by atoms with E-state index in [1.807, 2.05) is 26.0 Å². The summed E-state index contributed by atoms with van der Waals surface area (Å²) in [6.07, 6.45) is 7.83. The molecule has 3 nitrogen and oxygen atoms in total. The first-order chi connectivity index (χ1) is 9.49. The van der Waals surface area contributed by atoms with Crippen LogP contribution in [0.1, 0.15) is 43.2 Å². The Kier molecular flexibility index (Phi) is 5.00. The first-order valence-electron chi connectivity index (χ1n) is 7.24. The van der Waals surface area contributed by atoms with Gasteiger partial charge in [0.2, 0.25) is 10.0 Å². The lowest BCUT2D eigenvalue weighted by Gasteiger charge is -2.14. The van der Waals surface area contributed by atoms with Gasteiger partial charge >= 0.3 is 0 Å². The molecule has 110 valence electrons. The molecule has 0 aromatic heterocycles. The number of hydrogen-bond acceptors (Lipinski definition) is 2. The summed E-state index contributed by atoms with van der Waals surface area (Å²) in [6, 6.07) is 5.52. The van der Waals surface area contributed by atoms with Crippen LogP contribution in [0.2, 0.25) is 0 Å². The van der Waals surface area contributed by atoms with Crippen LogP contribution >= 0.6 is 0 Å². The summed E-state index contributed by atoms with van der Waals surface area (Å²) in [5, 5.41) is 0. The first kappa shape index (κ1) is 15.3. The predicted molar refractivity (Wildman–Crippen MR) is 82.3 cm³/mol. The number of nitrogens with one attached hydrogen (secondary N) is 1. The second-order valence-corrected chi connectivity index (χ2v) is 7.26. The van der Waals surface area contributed by atoms with E-state index in [-0.39, 0.29) is 0 Å². The average molecular weight is 293 g/mol. The second-order valence-electron chi connectivity index (χ2n) is 5.52. The molecule has 2 rings (SSSR count). The highest BCUT2D eigenvalue weighted by Crippen LogP contribution is 2.20. The van der Waals surface area contributed by atoms with Gasteiger partial charge in [-0.3, -0.25) is 0 Å². The second kappa shape index (κ2) is 6.55. The lowest BCUT2D eigenvalue weighted by molar-refractivity contribution is 0.578. The largest absolute Gasteiger partial charge is 0.240 e. The molecule has 0 heterocycles. The maximum Gasteiger partial charge on any atom is 0.240 e. The lowest BCUT2D eigenvalue weighted by Crippen LogP contribution is -2.26. The maximum atomic E-state index is 12.3. The monoisotopic (exact) mass is 293 g/mol. The van der Waals surface area contributed by atoms with Gasteiger partial charge in [0.25, 0.3) is 0 Å². The Labute approximate surface area is 122 Å². The van der Waals surface area contributed by atoms with Crippen LogP contribution in [0.4, 0.5) is 0 Å². The summed E-state index contributed by atoms with van der Waals surface area (Å²) in [5.41, 5.74) is 3.14. The van der Waals surface area contributed by atoms with E-state index in [9.17, 15) is 8.42 Å². The van der Waals surface area contributed by atoms with Crippen molar-refractivity contribution in [3.05, 3.63) is 41.0 Å². The molecular formula is C16H23NO2S. The standard InChI is InChI=1S/C16H23NO2S/c1-13-8-9-14(2)16(12-13)20(18,19)17-11-10-15-6-4-3-5-7-15/h6,8-9,12,17H,3-5,7,10-11H2,1-2H3. The summed E-state index contributed by atoms with van der Waals surface area (Å²) in [6.45, 7) is 4.23. The Hall–Kier alpha value is -1.13. The van der Waals surface area contributed by atoms with Crippen molar-refractivity contribution in [2.75, 3.05) is 6.54 Å². The van der Waals surface area contributed by atoms with Crippen LogP contribution in [0.25, 0.3) is 0 Å². The van der Waals surface area contributed by atoms with E-state index < -0.39 is 10.0 Å². The highest BCUT2D eigenvalue weighted by atomic mass is 32.2. The molecule has 0 amide bonds. The molecule has 1 N–H and O–H groups in total. The van der Waals surface area contributed by atoms with Gasteiger partial charge in [-0.2, -0.15) is 0 Å². The van der Waals surface area contributed by atoms with Gasteiger partial charge in [-0.25, -0.2) is 13.1 Å². The molecule has 1 aromatic carbocycles. The SMILES string of the molecule is Cc1ccc(C)c(S(=O)(=O)NCCC2=CCCCC2)c1. The first-order valence-corrected chi connectivity index (χ1v) is 8.72. The molecule has 0 spiro atoms. The van der Waals surface area contributed by atoms with E-state index in [4.69, 9.17) is 0 Å². The Bertz CT molecular complexity index is 603. The number of aryl methyl sites for hydroxylation is 2. The molecular weight excluding hydrogens is 270 g/mol. The highest BCUT2D eigenvalue weighted by Gasteiger charge is 2.16. The minimum absolute atomic E-state index is 0.398. The molecule has 0 bridgehead atoms. The summed E-state index contributed by atoms with van der Waals surface area (Å²) in [4.78, 5) is 0.398. The molecule has 0 fully saturated rings. The van der Waals surface area contributed by atoms with Gasteiger partial charge in [0, 0.05) is 6.54 Å². The topological polar surface area (TPSA) is 46.2 Å². The zero-order chi connectivity index (χ0) is 14.6. The zero-order valence-corrected chi connectivity index (χ0v) is 13.1. The third-order valence-corrected chi connectivity index (χ3v) is 5.36. The third-order valence-electron chi connectivity index (χ3n) is 3.76. The van der Waals surface area contributed by atoms with Gasteiger partial charge in [0.15, 0.2) is 0 Å². The van der Waals surface area contributed by atoms with E-state index >= 15 is 0 Å². The Morgan fingerprint density at radius 1 is 1.20 bits per heavy atom. The molecule has 0 unspecified atom stereocenters. The molecule has 0 saturated carbocycles. The summed E-state index contributed by atoms with van der Waals surface area (Å²) >= 11 is 0. The van der Waals surface area contributed by atoms with Gasteiger partial charge in [0.05, 0.1) is 4.90 Å². The molecule has 1 aromatic rings. The van der Waals surface area contributed by atoms with Gasteiger partial charge < -0.3 is 0 Å². The summed E-state index contributed by atoms with van der Waals surface area (Å²) in [7, 11) is -3.39. The molecule has 0 saturated heterocycles. The molecule has 0 radical (unpaired) electrons. The van der Waals surface area contributed by atoms with E-state index in [2.05, 4.69) is 10.8 Å². The molecule has 0 aliphatic heterocycles. The van der Waals surface area contributed by atoms with Gasteiger partial charge in [-0.1, -0.05) is 23.8 Å². The van der Waals surface area contributed by atoms with E-state index in [1.54, 1.807) is 6.07 Å². The Morgan fingerprint density at radius 2 is 2.00 bits per heavy atom. The minimum Gasteiger partial charge on any atom is -0.211 e. The van der Waals surface area contributed by atoms with Crippen molar-refractivity contribution in [3.63, 3.8) is 0 Å². The predicted octanol–water partition coefficient (Wildman–Crippen LogP) is 3.47. The van der Waals surface area contributed by atoms with Gasteiger partial charge in [0.1, 0.15) is 0 Å². The van der Waals surface area contributed by atoms with Crippen LogP contribution in [0, 0.1) is 13.8 Å². The molecule has 20 heavy (non-hydrogen) atoms. The summed E-state index contributed by atoms with van der Waals surface area (Å²) in [5.74, 6) is 0. The van der Waals surface area contributed by atoms with Crippen LogP contribution in [0.5, 0.6) is 0 Å². The molecule has 4 heteroatoms. The fourth-order valence-electron chi connectivity index (χ4n) is 2.55. The number of benzene rings is 1. The number of allylic oxidation sites excluding steroid dienone is 1. The fraction of sp³-hybridized carbons (Fsp3) is 0.500. The number of hydrogen-bond donors (Lipinski definition) is 1. The van der Waals surface area contributed by atoms with Crippen LogP contribution in [0.15, 0.2) is 34.7 Å². The van der Waals surface area contributed by atoms with Crippen molar-refractivity contribution < 1.29 is 8.42 Å². The number of sulfonamides is 1. The van der Waals surface area contributed by atoms with Gasteiger partial charge in [-0.05, 0) is 63.1 Å². The van der Waals surface area contributed by atoms with E-state index in [0.29, 0.717) is 11.4 Å². The van der Waals surface area contributed by atoms with Crippen LogP contribution < -0.4 is 4.72 Å². The molecule has 1 aliphatic rings. The van der Waals surface area contributed by atoms with Crippen molar-refractivity contribution in [3.8, 4) is 0 Å². The molecule has 0 atom stereocenters. The highest BCUT2D eigenvalue weighted by molar-refractivity contribution is 7.89. The van der Waals surface area contributed by atoms with E-state index in [0.717, 1.165) is 30.4 Å². The van der Waals surface area contributed by atoms with Crippen molar-refractivity contribution in [1.82, 2.24) is 4.72 Å². The van der Waals surface area contributed by atoms with Crippen LogP contribution in [0.3, 0.4) is 0 Å². The summed E-state index contributed by atoms with van der Waals surface area (Å²) < 4.78 is 27.4. The maximum absolute atomic E-state index is 12.3. The lowest BCUT2D eigenvalue weighted by atomic mass is 9.97. The third kappa shape index (κ3) is 3.93. The van der Waals surface area contributed by atoms with Crippen LogP contribution in [-0.4, -0.2) is 15.0 Å². The van der Waals surface area contributed by atoms with Crippen molar-refractivity contribution >= 4 is 10.0 Å². The fourth-order valence-corrected chi connectivity index (χ4v) is 3.91. The van der Waals surface area contributed by atoms with E-state index in [1.165, 1.54) is 18.4 Å². The Balaban J connectivity index is 2.00. The van der Waals surface area contributed by atoms with Gasteiger partial charge in [-0.15, -0.1) is 0 Å². The molecule has 1 aliphatic carbocycles. The number of rotatable bonds is 5. The normalized spacial score (nSPS) is 16.0. The van der Waals surface area contributed by atoms with Crippen molar-refractivity contribution in [1.29, 1.82) is 0 Å². The Morgan fingerprint density at radius 3 is 2.70 bits per heavy atom. The quantitative estimate of drug-likeness (QED) is 0.845. The zero-order valence-electron chi connectivity index (χ0n) is 12.3. The minimum atomic E-state index is -3.39. The van der Waals surface area contributed by atoms with Crippen molar-refractivity contribution in [2.45, 2.75) is 50.8 Å². The average Bonchev–Trinajstić information content (AvgIpc) is 2.42. The van der Waals surface area contributed by atoms with Crippen molar-refractivity contribution in [2.24, 2.45) is 0 Å². The smallest absolute Gasteiger partial charge is 0.211 e. The van der Waals surface area contributed by atoms with Crippen LogP contribution in [-0.2, 0) is 10.0 Å².